The Morgan fingerprint density at radius 1 is 1.26 bits per heavy atom. The van der Waals surface area contributed by atoms with Crippen LogP contribution in [0.4, 0.5) is 0 Å². The predicted molar refractivity (Wildman–Crippen MR) is 82.3 cm³/mol. The summed E-state index contributed by atoms with van der Waals surface area (Å²) >= 11 is 3.61. The van der Waals surface area contributed by atoms with Gasteiger partial charge in [-0.15, -0.1) is 0 Å². The molecule has 0 radical (unpaired) electrons. The lowest BCUT2D eigenvalue weighted by Crippen LogP contribution is -2.52. The molecule has 1 fully saturated rings. The number of nitrogens with zero attached hydrogens (tertiary/aromatic N) is 1. The lowest BCUT2D eigenvalue weighted by molar-refractivity contribution is 0.0733. The quantitative estimate of drug-likeness (QED) is 0.848. The van der Waals surface area contributed by atoms with Gasteiger partial charge in [-0.3, -0.25) is 0 Å². The van der Waals surface area contributed by atoms with Gasteiger partial charge in [-0.2, -0.15) is 0 Å². The minimum absolute atomic E-state index is 0.144. The summed E-state index contributed by atoms with van der Waals surface area (Å²) in [6, 6.07) is 2.21. The van der Waals surface area contributed by atoms with E-state index in [2.05, 4.69) is 40.2 Å². The molecule has 19 heavy (non-hydrogen) atoms. The summed E-state index contributed by atoms with van der Waals surface area (Å²) in [6.45, 7) is 0. The first-order chi connectivity index (χ1) is 9.12. The summed E-state index contributed by atoms with van der Waals surface area (Å²) in [7, 11) is 6.44. The first-order valence-corrected chi connectivity index (χ1v) is 7.98. The normalized spacial score (nSPS) is 21.3. The van der Waals surface area contributed by atoms with Gasteiger partial charge < -0.3 is 14.6 Å². The zero-order valence-electron chi connectivity index (χ0n) is 12.2. The van der Waals surface area contributed by atoms with Gasteiger partial charge in [-0.25, -0.2) is 0 Å². The van der Waals surface area contributed by atoms with Crippen molar-refractivity contribution in [3.63, 3.8) is 0 Å². The van der Waals surface area contributed by atoms with Crippen molar-refractivity contribution < 1.29 is 4.42 Å². The van der Waals surface area contributed by atoms with Gasteiger partial charge in [0.15, 0.2) is 0 Å². The van der Waals surface area contributed by atoms with Gasteiger partial charge in [-0.05, 0) is 56.0 Å². The molecule has 3 nitrogen and oxygen atoms in total. The van der Waals surface area contributed by atoms with E-state index in [1.54, 1.807) is 6.26 Å². The number of furan rings is 1. The first-order valence-electron chi connectivity index (χ1n) is 7.19. The van der Waals surface area contributed by atoms with Gasteiger partial charge in [0.1, 0.15) is 5.76 Å². The SMILES string of the molecule is CNC(c1occc1Br)C1(N(C)C)CCCCCC1. The Kier molecular flexibility index (Phi) is 5.09. The molecule has 0 amide bonds. The summed E-state index contributed by atoms with van der Waals surface area (Å²) in [5, 5.41) is 3.50. The van der Waals surface area contributed by atoms with E-state index in [0.717, 1.165) is 10.2 Å². The summed E-state index contributed by atoms with van der Waals surface area (Å²) in [4.78, 5) is 2.40. The Hall–Kier alpha value is -0.320. The van der Waals surface area contributed by atoms with Crippen LogP contribution in [-0.2, 0) is 0 Å². The zero-order chi connectivity index (χ0) is 13.9. The molecule has 4 heteroatoms. The lowest BCUT2D eigenvalue weighted by atomic mass is 9.80. The molecule has 1 unspecified atom stereocenters. The molecule has 2 rings (SSSR count). The van der Waals surface area contributed by atoms with Crippen molar-refractivity contribution >= 4 is 15.9 Å². The highest BCUT2D eigenvalue weighted by atomic mass is 79.9. The molecule has 1 saturated carbocycles. The smallest absolute Gasteiger partial charge is 0.136 e. The maximum Gasteiger partial charge on any atom is 0.136 e. The van der Waals surface area contributed by atoms with Gasteiger partial charge in [0, 0.05) is 5.54 Å². The van der Waals surface area contributed by atoms with Crippen LogP contribution in [0.2, 0.25) is 0 Å². The summed E-state index contributed by atoms with van der Waals surface area (Å²) in [5.41, 5.74) is 0.144. The highest BCUT2D eigenvalue weighted by molar-refractivity contribution is 9.10. The fourth-order valence-corrected chi connectivity index (χ4v) is 3.92. The van der Waals surface area contributed by atoms with Gasteiger partial charge in [0.25, 0.3) is 0 Å². The van der Waals surface area contributed by atoms with E-state index in [9.17, 15) is 0 Å². The number of likely N-dealkylation sites (N-methyl/N-ethyl adjacent to an activating group) is 2. The van der Waals surface area contributed by atoms with Crippen molar-refractivity contribution in [3.8, 4) is 0 Å². The van der Waals surface area contributed by atoms with Gasteiger partial charge in [0.05, 0.1) is 16.8 Å². The van der Waals surface area contributed by atoms with Crippen LogP contribution in [0, 0.1) is 0 Å². The maximum absolute atomic E-state index is 5.75. The van der Waals surface area contributed by atoms with Gasteiger partial charge >= 0.3 is 0 Å². The van der Waals surface area contributed by atoms with Crippen molar-refractivity contribution in [3.05, 3.63) is 22.6 Å². The maximum atomic E-state index is 5.75. The molecule has 1 N–H and O–H groups in total. The Morgan fingerprint density at radius 3 is 2.32 bits per heavy atom. The van der Waals surface area contributed by atoms with Crippen molar-refractivity contribution in [1.29, 1.82) is 0 Å². The molecule has 1 aromatic heterocycles. The molecule has 0 saturated heterocycles. The number of hydrogen-bond acceptors (Lipinski definition) is 3. The van der Waals surface area contributed by atoms with Crippen LogP contribution in [0.5, 0.6) is 0 Å². The van der Waals surface area contributed by atoms with Crippen LogP contribution < -0.4 is 5.32 Å². The molecule has 1 atom stereocenters. The fourth-order valence-electron chi connectivity index (χ4n) is 3.49. The third-order valence-electron chi connectivity index (χ3n) is 4.59. The average molecular weight is 329 g/mol. The largest absolute Gasteiger partial charge is 0.466 e. The van der Waals surface area contributed by atoms with Crippen LogP contribution >= 0.6 is 15.9 Å². The third kappa shape index (κ3) is 2.91. The number of rotatable bonds is 4. The summed E-state index contributed by atoms with van der Waals surface area (Å²) < 4.78 is 6.82. The van der Waals surface area contributed by atoms with E-state index < -0.39 is 0 Å². The molecule has 1 aromatic rings. The molecule has 1 aliphatic carbocycles. The predicted octanol–water partition coefficient (Wildman–Crippen LogP) is 3.96. The topological polar surface area (TPSA) is 28.4 Å². The average Bonchev–Trinajstić information content (AvgIpc) is 2.67. The van der Waals surface area contributed by atoms with Crippen LogP contribution in [0.1, 0.15) is 50.3 Å². The van der Waals surface area contributed by atoms with E-state index in [1.165, 1.54) is 38.5 Å². The van der Waals surface area contributed by atoms with Crippen molar-refractivity contribution in [1.82, 2.24) is 10.2 Å². The van der Waals surface area contributed by atoms with E-state index in [4.69, 9.17) is 4.42 Å². The second kappa shape index (κ2) is 6.42. The van der Waals surface area contributed by atoms with Crippen LogP contribution in [0.15, 0.2) is 21.2 Å². The summed E-state index contributed by atoms with van der Waals surface area (Å²) in [6.07, 6.45) is 9.52. The number of halogens is 1. The minimum atomic E-state index is 0.144. The highest BCUT2D eigenvalue weighted by Gasteiger charge is 2.43. The van der Waals surface area contributed by atoms with E-state index >= 15 is 0 Å². The molecule has 108 valence electrons. The van der Waals surface area contributed by atoms with Gasteiger partial charge in [-0.1, -0.05) is 25.7 Å². The standard InChI is InChI=1S/C15H25BrN2O/c1-17-14(13-12(16)8-11-19-13)15(18(2)3)9-6-4-5-7-10-15/h8,11,14,17H,4-7,9-10H2,1-3H3. The second-order valence-electron chi connectivity index (χ2n) is 5.77. The number of hydrogen-bond donors (Lipinski definition) is 1. The van der Waals surface area contributed by atoms with E-state index in [-0.39, 0.29) is 11.6 Å². The van der Waals surface area contributed by atoms with E-state index in [0.29, 0.717) is 0 Å². The minimum Gasteiger partial charge on any atom is -0.466 e. The molecule has 1 aliphatic rings. The van der Waals surface area contributed by atoms with Crippen LogP contribution in [0.3, 0.4) is 0 Å². The number of nitrogens with one attached hydrogen (secondary N) is 1. The Balaban J connectivity index is 2.37. The Bertz CT molecular complexity index is 395. The third-order valence-corrected chi connectivity index (χ3v) is 5.25. The Morgan fingerprint density at radius 2 is 1.89 bits per heavy atom. The Labute approximate surface area is 124 Å². The molecule has 0 spiro atoms. The van der Waals surface area contributed by atoms with Crippen molar-refractivity contribution in [2.45, 2.75) is 50.1 Å². The van der Waals surface area contributed by atoms with Crippen molar-refractivity contribution in [2.75, 3.05) is 21.1 Å². The lowest BCUT2D eigenvalue weighted by Gasteiger charge is -2.45. The van der Waals surface area contributed by atoms with Crippen molar-refractivity contribution in [2.24, 2.45) is 0 Å². The molecule has 0 aromatic carbocycles. The van der Waals surface area contributed by atoms with Gasteiger partial charge in [0.2, 0.25) is 0 Å². The fraction of sp³-hybridized carbons (Fsp3) is 0.733. The summed E-state index contributed by atoms with van der Waals surface area (Å²) in [5.74, 6) is 1.03. The zero-order valence-corrected chi connectivity index (χ0v) is 13.8. The molecule has 0 aliphatic heterocycles. The van der Waals surface area contributed by atoms with Crippen LogP contribution in [-0.4, -0.2) is 31.6 Å². The molecular weight excluding hydrogens is 304 g/mol. The molecular formula is C15H25BrN2O. The monoisotopic (exact) mass is 328 g/mol. The van der Waals surface area contributed by atoms with Crippen LogP contribution in [0.25, 0.3) is 0 Å². The molecule has 0 bridgehead atoms. The highest BCUT2D eigenvalue weighted by Crippen LogP contribution is 2.42. The second-order valence-corrected chi connectivity index (χ2v) is 6.62. The molecule has 1 heterocycles. The van der Waals surface area contributed by atoms with E-state index in [1.807, 2.05) is 13.1 Å². The first kappa shape index (κ1) is 15.1.